The van der Waals surface area contributed by atoms with E-state index in [-0.39, 0.29) is 30.2 Å². The lowest BCUT2D eigenvalue weighted by atomic mass is 10.0. The fourth-order valence-corrected chi connectivity index (χ4v) is 6.73. The first-order valence-electron chi connectivity index (χ1n) is 10.6. The molecule has 9 heteroatoms. The smallest absolute Gasteiger partial charge is 0.227 e. The molecule has 3 aliphatic heterocycles. The molecule has 3 atom stereocenters. The summed E-state index contributed by atoms with van der Waals surface area (Å²) >= 11 is 0. The monoisotopic (exact) mass is 425 g/mol. The minimum absolute atomic E-state index is 0.0884. The second-order valence-electron chi connectivity index (χ2n) is 8.77. The van der Waals surface area contributed by atoms with E-state index >= 15 is 0 Å². The van der Waals surface area contributed by atoms with Crippen molar-refractivity contribution in [3.63, 3.8) is 0 Å². The van der Waals surface area contributed by atoms with Crippen molar-refractivity contribution < 1.29 is 22.5 Å². The minimum atomic E-state index is -3.14. The van der Waals surface area contributed by atoms with Gasteiger partial charge in [-0.3, -0.25) is 4.79 Å². The number of piperidine rings is 2. The lowest BCUT2D eigenvalue weighted by Gasteiger charge is -2.40. The van der Waals surface area contributed by atoms with Gasteiger partial charge in [-0.1, -0.05) is 5.16 Å². The van der Waals surface area contributed by atoms with E-state index in [1.165, 1.54) is 6.26 Å². The van der Waals surface area contributed by atoms with Crippen molar-refractivity contribution in [2.75, 3.05) is 19.3 Å². The molecule has 162 valence electrons. The summed E-state index contributed by atoms with van der Waals surface area (Å²) < 4.78 is 37.3. The average Bonchev–Trinajstić information content (AvgIpc) is 3.13. The van der Waals surface area contributed by atoms with E-state index in [0.29, 0.717) is 25.3 Å². The van der Waals surface area contributed by atoms with Crippen LogP contribution in [0.15, 0.2) is 4.52 Å². The fourth-order valence-electron chi connectivity index (χ4n) is 5.27. The molecular formula is C20H31N3O5S. The Kier molecular flexibility index (Phi) is 5.74. The number of aromatic nitrogens is 1. The normalized spacial score (nSPS) is 28.8. The van der Waals surface area contributed by atoms with Gasteiger partial charge < -0.3 is 14.2 Å². The zero-order valence-electron chi connectivity index (χ0n) is 17.5. The Hall–Kier alpha value is -1.45. The lowest BCUT2D eigenvalue weighted by molar-refractivity contribution is -0.134. The fraction of sp³-hybridized carbons (Fsp3) is 0.800. The summed E-state index contributed by atoms with van der Waals surface area (Å²) in [6.07, 6.45) is 7.02. The number of sulfonamides is 1. The lowest BCUT2D eigenvalue weighted by Crippen LogP contribution is -2.49. The highest BCUT2D eigenvalue weighted by Crippen LogP contribution is 2.39. The molecule has 4 rings (SSSR count). The van der Waals surface area contributed by atoms with Gasteiger partial charge in [-0.05, 0) is 52.4 Å². The predicted molar refractivity (Wildman–Crippen MR) is 107 cm³/mol. The van der Waals surface area contributed by atoms with Gasteiger partial charge in [-0.2, -0.15) is 4.31 Å². The first-order chi connectivity index (χ1) is 13.7. The maximum absolute atomic E-state index is 12.6. The zero-order chi connectivity index (χ0) is 20.8. The Morgan fingerprint density at radius 1 is 1.10 bits per heavy atom. The van der Waals surface area contributed by atoms with Crippen molar-refractivity contribution in [2.45, 2.75) is 83.1 Å². The number of rotatable bonds is 5. The first-order valence-corrected chi connectivity index (χ1v) is 12.4. The third-order valence-corrected chi connectivity index (χ3v) is 8.06. The van der Waals surface area contributed by atoms with Crippen LogP contribution >= 0.6 is 0 Å². The topological polar surface area (TPSA) is 93.0 Å². The van der Waals surface area contributed by atoms with E-state index < -0.39 is 10.0 Å². The van der Waals surface area contributed by atoms with Gasteiger partial charge >= 0.3 is 0 Å². The second kappa shape index (κ2) is 8.00. The number of hydrogen-bond donors (Lipinski definition) is 0. The van der Waals surface area contributed by atoms with Crippen molar-refractivity contribution in [3.05, 3.63) is 17.0 Å². The molecule has 0 aliphatic carbocycles. The number of nitrogens with zero attached hydrogens (tertiary/aromatic N) is 3. The number of hydrogen-bond acceptors (Lipinski definition) is 6. The van der Waals surface area contributed by atoms with E-state index in [1.54, 1.807) is 4.31 Å². The summed E-state index contributed by atoms with van der Waals surface area (Å²) in [7, 11) is -3.14. The molecule has 1 unspecified atom stereocenters. The average molecular weight is 426 g/mol. The third kappa shape index (κ3) is 4.36. The molecule has 0 aromatic carbocycles. The molecule has 2 bridgehead atoms. The number of carbonyl (C=O) groups excluding carboxylic acids is 1. The molecule has 0 saturated carbocycles. The summed E-state index contributed by atoms with van der Waals surface area (Å²) in [5, 5.41) is 3.92. The van der Waals surface area contributed by atoms with Crippen LogP contribution in [0, 0.1) is 13.8 Å². The molecule has 0 spiro atoms. The molecule has 1 aromatic rings. The molecule has 0 N–H and O–H groups in total. The van der Waals surface area contributed by atoms with Gasteiger partial charge in [0.15, 0.2) is 0 Å². The van der Waals surface area contributed by atoms with E-state index in [4.69, 9.17) is 9.26 Å². The van der Waals surface area contributed by atoms with Crippen LogP contribution in [0.2, 0.25) is 0 Å². The van der Waals surface area contributed by atoms with E-state index in [9.17, 15) is 13.2 Å². The highest BCUT2D eigenvalue weighted by molar-refractivity contribution is 7.88. The van der Waals surface area contributed by atoms with Crippen LogP contribution in [0.3, 0.4) is 0 Å². The van der Waals surface area contributed by atoms with Gasteiger partial charge in [0.1, 0.15) is 5.76 Å². The molecule has 29 heavy (non-hydrogen) atoms. The van der Waals surface area contributed by atoms with E-state index in [2.05, 4.69) is 5.16 Å². The molecule has 3 saturated heterocycles. The van der Waals surface area contributed by atoms with Gasteiger partial charge in [0.05, 0.1) is 30.6 Å². The SMILES string of the molecule is Cc1noc(C)c1CC(=O)N1CCC(OC2C[C@H]3CC[C@@H](C2)N3S(C)(=O)=O)CC1. The van der Waals surface area contributed by atoms with Crippen molar-refractivity contribution in [1.82, 2.24) is 14.4 Å². The van der Waals surface area contributed by atoms with E-state index in [0.717, 1.165) is 49.8 Å². The minimum Gasteiger partial charge on any atom is -0.375 e. The Balaban J connectivity index is 1.26. The molecule has 0 radical (unpaired) electrons. The second-order valence-corrected chi connectivity index (χ2v) is 10.7. The number of fused-ring (bicyclic) bond motifs is 2. The highest BCUT2D eigenvalue weighted by atomic mass is 32.2. The van der Waals surface area contributed by atoms with E-state index in [1.807, 2.05) is 18.7 Å². The Morgan fingerprint density at radius 3 is 2.24 bits per heavy atom. The number of likely N-dealkylation sites (tertiary alicyclic amines) is 1. The Bertz CT molecular complexity index is 826. The number of ether oxygens (including phenoxy) is 1. The van der Waals surface area contributed by atoms with Crippen LogP contribution in [0.25, 0.3) is 0 Å². The molecule has 1 aromatic heterocycles. The Labute approximate surface area is 172 Å². The standard InChI is InChI=1S/C20H31N3O5S/c1-13-19(14(2)28-21-13)12-20(24)22-8-6-17(7-9-22)27-18-10-15-4-5-16(11-18)23(15)29(3,25)26/h15-18H,4-12H2,1-3H3/t15-,16+,18?. The molecule has 4 heterocycles. The Morgan fingerprint density at radius 2 is 1.72 bits per heavy atom. The summed E-state index contributed by atoms with van der Waals surface area (Å²) in [6.45, 7) is 5.09. The van der Waals surface area contributed by atoms with Crippen molar-refractivity contribution >= 4 is 15.9 Å². The van der Waals surface area contributed by atoms with Gasteiger partial charge in [0.25, 0.3) is 0 Å². The van der Waals surface area contributed by atoms with Crippen molar-refractivity contribution in [1.29, 1.82) is 0 Å². The number of amides is 1. The molecule has 3 fully saturated rings. The number of aryl methyl sites for hydroxylation is 2. The largest absolute Gasteiger partial charge is 0.375 e. The van der Waals surface area contributed by atoms with Crippen LogP contribution in [0.4, 0.5) is 0 Å². The summed E-state index contributed by atoms with van der Waals surface area (Å²) in [5.74, 6) is 0.821. The van der Waals surface area contributed by atoms with Crippen LogP contribution in [-0.2, 0) is 26.0 Å². The third-order valence-electron chi connectivity index (χ3n) is 6.69. The van der Waals surface area contributed by atoms with Crippen molar-refractivity contribution in [2.24, 2.45) is 0 Å². The van der Waals surface area contributed by atoms with Crippen molar-refractivity contribution in [3.8, 4) is 0 Å². The van der Waals surface area contributed by atoms with Gasteiger partial charge in [0.2, 0.25) is 15.9 Å². The first kappa shape index (κ1) is 20.8. The maximum atomic E-state index is 12.6. The zero-order valence-corrected chi connectivity index (χ0v) is 18.3. The van der Waals surface area contributed by atoms with Gasteiger partial charge in [-0.15, -0.1) is 0 Å². The van der Waals surface area contributed by atoms with Crippen LogP contribution in [-0.4, -0.2) is 72.3 Å². The molecular weight excluding hydrogens is 394 g/mol. The summed E-state index contributed by atoms with van der Waals surface area (Å²) in [6, 6.07) is 0.177. The highest BCUT2D eigenvalue weighted by Gasteiger charge is 2.46. The van der Waals surface area contributed by atoms with Crippen LogP contribution < -0.4 is 0 Å². The summed E-state index contributed by atoms with van der Waals surface area (Å²) in [5.41, 5.74) is 1.67. The predicted octanol–water partition coefficient (Wildman–Crippen LogP) is 1.80. The summed E-state index contributed by atoms with van der Waals surface area (Å²) in [4.78, 5) is 14.5. The number of carbonyl (C=O) groups is 1. The molecule has 3 aliphatic rings. The van der Waals surface area contributed by atoms with Crippen LogP contribution in [0.1, 0.15) is 55.5 Å². The van der Waals surface area contributed by atoms with Gasteiger partial charge in [0, 0.05) is 30.7 Å². The van der Waals surface area contributed by atoms with Crippen LogP contribution in [0.5, 0.6) is 0 Å². The maximum Gasteiger partial charge on any atom is 0.227 e. The quantitative estimate of drug-likeness (QED) is 0.714. The van der Waals surface area contributed by atoms with Gasteiger partial charge in [-0.25, -0.2) is 8.42 Å². The molecule has 1 amide bonds. The molecule has 8 nitrogen and oxygen atoms in total.